The van der Waals surface area contributed by atoms with Crippen LogP contribution in [0.3, 0.4) is 0 Å². The predicted molar refractivity (Wildman–Crippen MR) is 141 cm³/mol. The highest BCUT2D eigenvalue weighted by Gasteiger charge is 2.46. The van der Waals surface area contributed by atoms with E-state index in [1.807, 2.05) is 6.07 Å². The van der Waals surface area contributed by atoms with Gasteiger partial charge in [-0.1, -0.05) is 31.4 Å². The monoisotopic (exact) mass is 509 g/mol. The van der Waals surface area contributed by atoms with Crippen molar-refractivity contribution in [3.63, 3.8) is 0 Å². The number of esters is 1. The highest BCUT2D eigenvalue weighted by molar-refractivity contribution is 6.01. The van der Waals surface area contributed by atoms with Crippen molar-refractivity contribution in [1.82, 2.24) is 15.3 Å². The molecule has 3 atom stereocenters. The number of hydrogen-bond donors (Lipinski definition) is 3. The Hall–Kier alpha value is -3.29. The molecule has 2 heterocycles. The fourth-order valence-corrected chi connectivity index (χ4v) is 5.81. The molecule has 37 heavy (non-hydrogen) atoms. The van der Waals surface area contributed by atoms with E-state index in [0.29, 0.717) is 23.4 Å². The number of phenols is 1. The lowest BCUT2D eigenvalue weighted by Crippen LogP contribution is -2.46. The molecular formula is C29H39N3O5. The summed E-state index contributed by atoms with van der Waals surface area (Å²) in [4.78, 5) is 33.3. The minimum Gasteiger partial charge on any atom is -0.507 e. The zero-order valence-electron chi connectivity index (χ0n) is 22.5. The van der Waals surface area contributed by atoms with E-state index in [1.54, 1.807) is 6.20 Å². The van der Waals surface area contributed by atoms with Crippen molar-refractivity contribution in [2.45, 2.75) is 90.2 Å². The number of aromatic amines is 1. The van der Waals surface area contributed by atoms with Crippen LogP contribution in [0.5, 0.6) is 11.5 Å². The molecule has 0 saturated heterocycles. The van der Waals surface area contributed by atoms with Crippen molar-refractivity contribution < 1.29 is 24.2 Å². The molecule has 2 aromatic rings. The first-order valence-electron chi connectivity index (χ1n) is 13.3. The van der Waals surface area contributed by atoms with Gasteiger partial charge < -0.3 is 24.9 Å². The normalized spacial score (nSPS) is 20.6. The lowest BCUT2D eigenvalue weighted by atomic mass is 9.67. The number of amides is 1. The minimum atomic E-state index is -0.934. The number of aromatic nitrogens is 2. The number of imidazole rings is 1. The molecule has 8 nitrogen and oxygen atoms in total. The van der Waals surface area contributed by atoms with Gasteiger partial charge in [-0.25, -0.2) is 9.78 Å². The second kappa shape index (κ2) is 11.0. The van der Waals surface area contributed by atoms with Gasteiger partial charge in [-0.2, -0.15) is 0 Å². The Labute approximate surface area is 218 Å². The molecule has 2 aliphatic rings. The Balaban J connectivity index is 1.77. The summed E-state index contributed by atoms with van der Waals surface area (Å²) in [6.07, 6.45) is 11.0. The molecule has 8 heteroatoms. The molecule has 0 radical (unpaired) electrons. The second-order valence-electron chi connectivity index (χ2n) is 10.8. The van der Waals surface area contributed by atoms with Crippen molar-refractivity contribution in [3.8, 4) is 11.5 Å². The number of fused-ring (bicyclic) bond motifs is 3. The van der Waals surface area contributed by atoms with Crippen molar-refractivity contribution in [1.29, 1.82) is 0 Å². The molecule has 2 unspecified atom stereocenters. The maximum Gasteiger partial charge on any atom is 0.328 e. The number of H-pyrrole nitrogens is 1. The van der Waals surface area contributed by atoms with Crippen molar-refractivity contribution in [2.75, 3.05) is 7.11 Å². The Kier molecular flexibility index (Phi) is 7.95. The van der Waals surface area contributed by atoms with Crippen LogP contribution in [0.4, 0.5) is 0 Å². The van der Waals surface area contributed by atoms with E-state index in [9.17, 15) is 14.7 Å². The summed E-state index contributed by atoms with van der Waals surface area (Å²) in [6.45, 7) is 8.44. The van der Waals surface area contributed by atoms with E-state index in [2.05, 4.69) is 49.1 Å². The van der Waals surface area contributed by atoms with Crippen molar-refractivity contribution in [2.24, 2.45) is 5.92 Å². The third kappa shape index (κ3) is 5.53. The number of benzene rings is 1. The summed E-state index contributed by atoms with van der Waals surface area (Å²) >= 11 is 0. The molecule has 3 N–H and O–H groups in total. The third-order valence-corrected chi connectivity index (χ3v) is 7.78. The average Bonchev–Trinajstić information content (AvgIpc) is 3.35. The maximum absolute atomic E-state index is 13.8. The number of carbonyl (C=O) groups is 2. The Morgan fingerprint density at radius 3 is 2.81 bits per heavy atom. The predicted octanol–water partition coefficient (Wildman–Crippen LogP) is 4.97. The van der Waals surface area contributed by atoms with Crippen LogP contribution in [-0.4, -0.2) is 45.7 Å². The number of hydrogen-bond acceptors (Lipinski definition) is 6. The summed E-state index contributed by atoms with van der Waals surface area (Å²) in [5.74, 6) is -0.351. The van der Waals surface area contributed by atoms with Gasteiger partial charge in [0.25, 0.3) is 5.91 Å². The van der Waals surface area contributed by atoms with Crippen LogP contribution in [-0.2, 0) is 22.4 Å². The van der Waals surface area contributed by atoms with E-state index < -0.39 is 23.5 Å². The first-order valence-corrected chi connectivity index (χ1v) is 13.3. The van der Waals surface area contributed by atoms with Gasteiger partial charge in [0.05, 0.1) is 19.0 Å². The van der Waals surface area contributed by atoms with Crippen LogP contribution in [0.25, 0.3) is 0 Å². The van der Waals surface area contributed by atoms with Gasteiger partial charge in [0.15, 0.2) is 0 Å². The van der Waals surface area contributed by atoms with Gasteiger partial charge in [0.2, 0.25) is 0 Å². The number of nitrogens with zero attached hydrogens (tertiary/aromatic N) is 1. The number of aryl methyl sites for hydroxylation is 1. The van der Waals surface area contributed by atoms with E-state index in [-0.39, 0.29) is 29.6 Å². The van der Waals surface area contributed by atoms with Crippen LogP contribution < -0.4 is 10.1 Å². The number of methoxy groups -OCH3 is 1. The Bertz CT molecular complexity index is 1170. The molecule has 1 aliphatic carbocycles. The maximum atomic E-state index is 13.8. The number of carbonyl (C=O) groups excluding carboxylic acids is 2. The summed E-state index contributed by atoms with van der Waals surface area (Å²) in [5, 5.41) is 14.5. The fourth-order valence-electron chi connectivity index (χ4n) is 5.81. The first-order chi connectivity index (χ1) is 17.7. The molecule has 0 saturated carbocycles. The zero-order chi connectivity index (χ0) is 26.7. The number of unbranched alkanes of at least 4 members (excludes halogenated alkanes) is 2. The Morgan fingerprint density at radius 1 is 1.35 bits per heavy atom. The van der Waals surface area contributed by atoms with Gasteiger partial charge in [-0.05, 0) is 58.1 Å². The lowest BCUT2D eigenvalue weighted by Gasteiger charge is -2.46. The smallest absolute Gasteiger partial charge is 0.328 e. The second-order valence-corrected chi connectivity index (χ2v) is 10.8. The molecule has 0 bridgehead atoms. The lowest BCUT2D eigenvalue weighted by molar-refractivity contribution is -0.142. The summed E-state index contributed by atoms with van der Waals surface area (Å²) in [6, 6.07) is 0.994. The highest BCUT2D eigenvalue weighted by atomic mass is 16.5. The van der Waals surface area contributed by atoms with Crippen molar-refractivity contribution >= 4 is 11.9 Å². The quantitative estimate of drug-likeness (QED) is 0.250. The van der Waals surface area contributed by atoms with E-state index in [1.165, 1.54) is 19.0 Å². The van der Waals surface area contributed by atoms with Crippen LogP contribution in [0, 0.1) is 5.92 Å². The molecule has 1 aromatic carbocycles. The van der Waals surface area contributed by atoms with Gasteiger partial charge in [-0.3, -0.25) is 4.79 Å². The molecule has 1 aromatic heterocycles. The van der Waals surface area contributed by atoms with E-state index >= 15 is 0 Å². The summed E-state index contributed by atoms with van der Waals surface area (Å²) in [7, 11) is 1.29. The van der Waals surface area contributed by atoms with Crippen LogP contribution in [0.2, 0.25) is 0 Å². The van der Waals surface area contributed by atoms with E-state index in [4.69, 9.17) is 9.47 Å². The number of nitrogens with one attached hydrogen (secondary N) is 2. The molecule has 200 valence electrons. The van der Waals surface area contributed by atoms with Gasteiger partial charge in [0, 0.05) is 35.7 Å². The van der Waals surface area contributed by atoms with Crippen LogP contribution in [0.15, 0.2) is 30.2 Å². The van der Waals surface area contributed by atoms with Crippen LogP contribution >= 0.6 is 0 Å². The summed E-state index contributed by atoms with van der Waals surface area (Å²) < 4.78 is 11.4. The Morgan fingerprint density at radius 2 is 2.14 bits per heavy atom. The van der Waals surface area contributed by atoms with Crippen LogP contribution in [0.1, 0.15) is 92.9 Å². The van der Waals surface area contributed by atoms with Gasteiger partial charge >= 0.3 is 5.97 Å². The molecule has 1 aliphatic heterocycles. The minimum absolute atomic E-state index is 0.0508. The highest BCUT2D eigenvalue weighted by Crippen LogP contribution is 2.54. The standard InChI is InChI=1S/C29H39N3O5/c1-6-7-8-9-18-13-23-25(20-12-17(2)10-11-21(20)29(3,4)37-23)26(33)24(18)27(34)32-22(28(35)36-5)14-19-15-30-16-31-19/h12-13,15-16,20-22,33H,6-11,14H2,1-5H3,(H,30,31)(H,32,34)/t20?,21?,22-/m0/s1. The molecule has 4 rings (SSSR count). The SMILES string of the molecule is CCCCCc1cc2c(c(O)c1C(=O)N[C@@H](Cc1cnc[nH]1)C(=O)OC)C1C=C(C)CCC1C(C)(C)O2. The number of allylic oxidation sites excluding steroid dienone is 2. The molecular weight excluding hydrogens is 470 g/mol. The van der Waals surface area contributed by atoms with Crippen molar-refractivity contribution in [3.05, 3.63) is 52.6 Å². The molecule has 1 amide bonds. The number of phenolic OH excluding ortho intramolecular Hbond substituents is 1. The topological polar surface area (TPSA) is 114 Å². The third-order valence-electron chi connectivity index (χ3n) is 7.78. The average molecular weight is 510 g/mol. The zero-order valence-corrected chi connectivity index (χ0v) is 22.5. The van der Waals surface area contributed by atoms with E-state index in [0.717, 1.165) is 37.7 Å². The molecule has 0 fully saturated rings. The number of ether oxygens (including phenoxy) is 2. The van der Waals surface area contributed by atoms with Gasteiger partial charge in [0.1, 0.15) is 23.1 Å². The first kappa shape index (κ1) is 26.8. The molecule has 0 spiro atoms. The summed E-state index contributed by atoms with van der Waals surface area (Å²) in [5.41, 5.74) is 3.16. The number of aromatic hydroxyl groups is 1. The largest absolute Gasteiger partial charge is 0.507 e. The fraction of sp³-hybridized carbons (Fsp3) is 0.552. The number of rotatable bonds is 9. The van der Waals surface area contributed by atoms with Gasteiger partial charge in [-0.15, -0.1) is 0 Å².